The Morgan fingerprint density at radius 3 is 2.57 bits per heavy atom. The fourth-order valence-electron chi connectivity index (χ4n) is 2.22. The number of hydrogen-bond donors (Lipinski definition) is 0. The predicted octanol–water partition coefficient (Wildman–Crippen LogP) is 4.34. The van der Waals surface area contributed by atoms with Crippen LogP contribution in [0.25, 0.3) is 11.1 Å². The summed E-state index contributed by atoms with van der Waals surface area (Å²) >= 11 is 0. The average molecular weight is 304 g/mol. The van der Waals surface area contributed by atoms with E-state index in [-0.39, 0.29) is 0 Å². The van der Waals surface area contributed by atoms with Gasteiger partial charge in [0.15, 0.2) is 0 Å². The molecule has 1 heterocycles. The molecule has 112 valence electrons. The highest BCUT2D eigenvalue weighted by Crippen LogP contribution is 2.27. The number of ether oxygens (including phenoxy) is 1. The van der Waals surface area contributed by atoms with Crippen LogP contribution in [0.4, 0.5) is 4.39 Å². The van der Waals surface area contributed by atoms with E-state index in [0.717, 1.165) is 17.3 Å². The number of aromatic nitrogens is 1. The summed E-state index contributed by atoms with van der Waals surface area (Å²) in [6.07, 6.45) is 2.73. The van der Waals surface area contributed by atoms with E-state index < -0.39 is 5.82 Å². The van der Waals surface area contributed by atoms with Crippen molar-refractivity contribution in [2.45, 2.75) is 6.61 Å². The minimum Gasteiger partial charge on any atom is -0.488 e. The van der Waals surface area contributed by atoms with E-state index in [9.17, 15) is 9.65 Å². The van der Waals surface area contributed by atoms with Crippen LogP contribution in [0.3, 0.4) is 0 Å². The van der Waals surface area contributed by atoms with Gasteiger partial charge < -0.3 is 4.74 Å². The summed E-state index contributed by atoms with van der Waals surface area (Å²) < 4.78 is 19.1. The van der Waals surface area contributed by atoms with Gasteiger partial charge in [-0.15, -0.1) is 0 Å². The number of nitriles is 1. The van der Waals surface area contributed by atoms with E-state index in [4.69, 9.17) is 4.74 Å². The molecule has 0 bridgehead atoms. The number of halogens is 1. The third kappa shape index (κ3) is 3.53. The number of rotatable bonds is 4. The Labute approximate surface area is 133 Å². The van der Waals surface area contributed by atoms with Gasteiger partial charge in [-0.3, -0.25) is 4.98 Å². The molecular weight excluding hydrogens is 291 g/mol. The molecule has 0 amide bonds. The van der Waals surface area contributed by atoms with Gasteiger partial charge in [0, 0.05) is 11.8 Å². The Morgan fingerprint density at radius 2 is 1.83 bits per heavy atom. The summed E-state index contributed by atoms with van der Waals surface area (Å²) in [5, 5.41) is 9.22. The summed E-state index contributed by atoms with van der Waals surface area (Å²) in [7, 11) is 0. The first-order valence-electron chi connectivity index (χ1n) is 7.08. The second-order valence-corrected chi connectivity index (χ2v) is 4.99. The molecule has 2 aromatic carbocycles. The molecule has 0 unspecified atom stereocenters. The molecule has 0 saturated heterocycles. The number of pyridine rings is 1. The fraction of sp³-hybridized carbons (Fsp3) is 0.0526. The minimum atomic E-state index is -0.404. The first-order chi connectivity index (χ1) is 11.3. The molecular formula is C19H13FN2O. The predicted molar refractivity (Wildman–Crippen MR) is 85.1 cm³/mol. The second-order valence-electron chi connectivity index (χ2n) is 4.99. The highest BCUT2D eigenvalue weighted by Gasteiger charge is 2.08. The van der Waals surface area contributed by atoms with Gasteiger partial charge in [0.2, 0.25) is 0 Å². The van der Waals surface area contributed by atoms with E-state index >= 15 is 0 Å². The van der Waals surface area contributed by atoms with Crippen LogP contribution in [0.1, 0.15) is 11.1 Å². The fourth-order valence-corrected chi connectivity index (χ4v) is 2.22. The highest BCUT2D eigenvalue weighted by atomic mass is 19.1. The van der Waals surface area contributed by atoms with Crippen LogP contribution in [0.2, 0.25) is 0 Å². The van der Waals surface area contributed by atoms with Crippen LogP contribution in [0, 0.1) is 17.1 Å². The topological polar surface area (TPSA) is 45.9 Å². The zero-order valence-corrected chi connectivity index (χ0v) is 12.2. The van der Waals surface area contributed by atoms with Crippen molar-refractivity contribution in [3.63, 3.8) is 0 Å². The van der Waals surface area contributed by atoms with E-state index in [1.807, 2.05) is 30.3 Å². The van der Waals surface area contributed by atoms with Crippen molar-refractivity contribution in [2.75, 3.05) is 0 Å². The molecule has 0 aliphatic heterocycles. The molecule has 3 nitrogen and oxygen atoms in total. The van der Waals surface area contributed by atoms with Crippen LogP contribution in [-0.4, -0.2) is 4.98 Å². The van der Waals surface area contributed by atoms with Gasteiger partial charge in [-0.25, -0.2) is 4.39 Å². The molecule has 3 aromatic rings. The van der Waals surface area contributed by atoms with E-state index in [1.165, 1.54) is 6.07 Å². The SMILES string of the molecule is N#Cc1ccc(-c2cncc(F)c2)cc1OCc1ccccc1. The lowest BCUT2D eigenvalue weighted by atomic mass is 10.0. The van der Waals surface area contributed by atoms with Gasteiger partial charge in [-0.2, -0.15) is 5.26 Å². The molecule has 3 rings (SSSR count). The van der Waals surface area contributed by atoms with Gasteiger partial charge in [0.25, 0.3) is 0 Å². The van der Waals surface area contributed by atoms with Crippen LogP contribution in [-0.2, 0) is 6.61 Å². The molecule has 0 aliphatic rings. The Kier molecular flexibility index (Phi) is 4.30. The maximum absolute atomic E-state index is 13.3. The van der Waals surface area contributed by atoms with Crippen LogP contribution in [0.15, 0.2) is 67.0 Å². The Balaban J connectivity index is 1.89. The normalized spacial score (nSPS) is 10.1. The largest absolute Gasteiger partial charge is 0.488 e. The van der Waals surface area contributed by atoms with E-state index in [2.05, 4.69) is 11.1 Å². The second kappa shape index (κ2) is 6.71. The first kappa shape index (κ1) is 14.7. The molecule has 0 fully saturated rings. The maximum atomic E-state index is 13.3. The highest BCUT2D eigenvalue weighted by molar-refractivity contribution is 5.66. The van der Waals surface area contributed by atoms with Gasteiger partial charge in [0.1, 0.15) is 24.2 Å². The smallest absolute Gasteiger partial charge is 0.142 e. The molecule has 0 aliphatic carbocycles. The standard InChI is InChI=1S/C19H13FN2O/c20-18-8-17(11-22-12-18)15-6-7-16(10-21)19(9-15)23-13-14-4-2-1-3-5-14/h1-9,11-12H,13H2. The zero-order chi connectivity index (χ0) is 16.1. The number of nitrogens with zero attached hydrogens (tertiary/aromatic N) is 2. The summed E-state index contributed by atoms with van der Waals surface area (Å²) in [4.78, 5) is 3.85. The van der Waals surface area contributed by atoms with Gasteiger partial charge in [0.05, 0.1) is 11.8 Å². The third-order valence-corrected chi connectivity index (χ3v) is 3.38. The lowest BCUT2D eigenvalue weighted by Gasteiger charge is -2.10. The van der Waals surface area contributed by atoms with Crippen molar-refractivity contribution >= 4 is 0 Å². The molecule has 0 spiro atoms. The molecule has 0 N–H and O–H groups in total. The molecule has 23 heavy (non-hydrogen) atoms. The van der Waals surface area contributed by atoms with Gasteiger partial charge in [-0.1, -0.05) is 36.4 Å². The summed E-state index contributed by atoms with van der Waals surface area (Å²) in [5.41, 5.74) is 2.83. The molecule has 0 atom stereocenters. The van der Waals surface area contributed by atoms with Crippen LogP contribution < -0.4 is 4.74 Å². The summed E-state index contributed by atoms with van der Waals surface area (Å²) in [6.45, 7) is 0.361. The van der Waals surface area contributed by atoms with Crippen molar-refractivity contribution in [3.8, 4) is 22.9 Å². The van der Waals surface area contributed by atoms with E-state index in [0.29, 0.717) is 23.5 Å². The molecule has 1 aromatic heterocycles. The first-order valence-corrected chi connectivity index (χ1v) is 7.08. The van der Waals surface area contributed by atoms with Crippen molar-refractivity contribution in [2.24, 2.45) is 0 Å². The molecule has 0 saturated carbocycles. The Bertz CT molecular complexity index is 857. The monoisotopic (exact) mass is 304 g/mol. The third-order valence-electron chi connectivity index (χ3n) is 3.38. The summed E-state index contributed by atoms with van der Waals surface area (Å²) in [6, 6.07) is 18.4. The lowest BCUT2D eigenvalue weighted by molar-refractivity contribution is 0.305. The van der Waals surface area contributed by atoms with Gasteiger partial charge >= 0.3 is 0 Å². The summed E-state index contributed by atoms with van der Waals surface area (Å²) in [5.74, 6) is 0.0664. The quantitative estimate of drug-likeness (QED) is 0.720. The van der Waals surface area contributed by atoms with Crippen molar-refractivity contribution in [1.29, 1.82) is 5.26 Å². The Morgan fingerprint density at radius 1 is 1.00 bits per heavy atom. The lowest BCUT2D eigenvalue weighted by Crippen LogP contribution is -1.97. The molecule has 4 heteroatoms. The zero-order valence-electron chi connectivity index (χ0n) is 12.2. The van der Waals surface area contributed by atoms with Gasteiger partial charge in [-0.05, 0) is 29.3 Å². The van der Waals surface area contributed by atoms with E-state index in [1.54, 1.807) is 24.4 Å². The van der Waals surface area contributed by atoms with Crippen molar-refractivity contribution < 1.29 is 9.13 Å². The minimum absolute atomic E-state index is 0.361. The molecule has 0 radical (unpaired) electrons. The number of hydrogen-bond acceptors (Lipinski definition) is 3. The average Bonchev–Trinajstić information content (AvgIpc) is 2.60. The van der Waals surface area contributed by atoms with Crippen molar-refractivity contribution in [3.05, 3.63) is 83.9 Å². The maximum Gasteiger partial charge on any atom is 0.142 e. The van der Waals surface area contributed by atoms with Crippen molar-refractivity contribution in [1.82, 2.24) is 4.98 Å². The Hall–Kier alpha value is -3.19. The number of benzene rings is 2. The van der Waals surface area contributed by atoms with Crippen LogP contribution >= 0.6 is 0 Å². The van der Waals surface area contributed by atoms with Crippen LogP contribution in [0.5, 0.6) is 5.75 Å².